The summed E-state index contributed by atoms with van der Waals surface area (Å²) in [5.74, 6) is -0.337. The number of rotatable bonds is 5. The molecule has 7 heteroatoms. The van der Waals surface area contributed by atoms with Crippen molar-refractivity contribution in [1.82, 2.24) is 4.90 Å². The van der Waals surface area contributed by atoms with Crippen LogP contribution in [0.2, 0.25) is 0 Å². The third-order valence-corrected chi connectivity index (χ3v) is 4.03. The van der Waals surface area contributed by atoms with Crippen LogP contribution in [0.5, 0.6) is 5.75 Å². The molecule has 0 radical (unpaired) electrons. The van der Waals surface area contributed by atoms with Crippen LogP contribution in [0.4, 0.5) is 5.69 Å². The number of nitrogens with zero attached hydrogens (tertiary/aromatic N) is 1. The lowest BCUT2D eigenvalue weighted by Crippen LogP contribution is -2.34. The number of benzene rings is 1. The molecule has 0 spiro atoms. The molecule has 0 saturated carbocycles. The summed E-state index contributed by atoms with van der Waals surface area (Å²) >= 11 is 3.41. The fourth-order valence-corrected chi connectivity index (χ4v) is 2.36. The molecular weight excluding hydrogens is 340 g/mol. The summed E-state index contributed by atoms with van der Waals surface area (Å²) in [6.07, 6.45) is 1.22. The van der Waals surface area contributed by atoms with Crippen molar-refractivity contribution in [2.75, 3.05) is 25.6 Å². The van der Waals surface area contributed by atoms with Gasteiger partial charge in [-0.25, -0.2) is 0 Å². The number of hydrogen-bond donors (Lipinski definition) is 2. The number of imide groups is 1. The Hall–Kier alpha value is -1.86. The minimum Gasteiger partial charge on any atom is -0.495 e. The van der Waals surface area contributed by atoms with E-state index in [1.807, 2.05) is 13.0 Å². The lowest BCUT2D eigenvalue weighted by atomic mass is 10.1. The van der Waals surface area contributed by atoms with Gasteiger partial charge in [-0.1, -0.05) is 15.9 Å². The van der Waals surface area contributed by atoms with Crippen molar-refractivity contribution < 1.29 is 19.4 Å². The fourth-order valence-electron chi connectivity index (χ4n) is 2.03. The Morgan fingerprint density at radius 2 is 2.10 bits per heavy atom. The smallest absolute Gasteiger partial charge is 0.277 e. The maximum absolute atomic E-state index is 12.1. The molecule has 1 aliphatic heterocycles. The molecule has 0 unspecified atom stereocenters. The zero-order chi connectivity index (χ0) is 15.6. The lowest BCUT2D eigenvalue weighted by molar-refractivity contribution is -0.137. The minimum absolute atomic E-state index is 0.0199. The molecule has 1 aromatic rings. The van der Waals surface area contributed by atoms with Gasteiger partial charge in [-0.2, -0.15) is 0 Å². The second kappa shape index (κ2) is 6.28. The van der Waals surface area contributed by atoms with Crippen LogP contribution in [0, 0.1) is 6.92 Å². The molecule has 0 aromatic heterocycles. The van der Waals surface area contributed by atoms with E-state index in [1.165, 1.54) is 13.2 Å². The molecule has 1 heterocycles. The standard InChI is InChI=1S/C14H15BrN2O4/c1-8-9(15)3-4-11(21-2)13(8)16-10-7-12(19)17(5-6-18)14(10)20/h3-4,7,16,18H,5-6H2,1-2H3. The first kappa shape index (κ1) is 15.5. The third kappa shape index (κ3) is 2.93. The van der Waals surface area contributed by atoms with Gasteiger partial charge in [-0.05, 0) is 24.6 Å². The maximum atomic E-state index is 12.1. The Labute approximate surface area is 130 Å². The number of carbonyl (C=O) groups is 2. The van der Waals surface area contributed by atoms with E-state index in [1.54, 1.807) is 6.07 Å². The first-order valence-corrected chi connectivity index (χ1v) is 7.07. The molecule has 0 fully saturated rings. The molecule has 6 nitrogen and oxygen atoms in total. The molecule has 21 heavy (non-hydrogen) atoms. The van der Waals surface area contributed by atoms with Gasteiger partial charge in [0.25, 0.3) is 11.8 Å². The number of aliphatic hydroxyl groups excluding tert-OH is 1. The molecule has 0 aliphatic carbocycles. The Morgan fingerprint density at radius 3 is 2.71 bits per heavy atom. The molecule has 0 bridgehead atoms. The van der Waals surface area contributed by atoms with E-state index in [-0.39, 0.29) is 18.8 Å². The quantitative estimate of drug-likeness (QED) is 0.782. The van der Waals surface area contributed by atoms with E-state index in [0.29, 0.717) is 11.4 Å². The number of anilines is 1. The van der Waals surface area contributed by atoms with E-state index >= 15 is 0 Å². The highest BCUT2D eigenvalue weighted by molar-refractivity contribution is 9.10. The van der Waals surface area contributed by atoms with Gasteiger partial charge in [0, 0.05) is 10.5 Å². The predicted octanol–water partition coefficient (Wildman–Crippen LogP) is 1.42. The van der Waals surface area contributed by atoms with Crippen molar-refractivity contribution in [1.29, 1.82) is 0 Å². The van der Waals surface area contributed by atoms with Gasteiger partial charge in [-0.3, -0.25) is 14.5 Å². The predicted molar refractivity (Wildman–Crippen MR) is 80.9 cm³/mol. The summed E-state index contributed by atoms with van der Waals surface area (Å²) in [6, 6.07) is 3.60. The van der Waals surface area contributed by atoms with E-state index < -0.39 is 11.8 Å². The molecule has 1 aromatic carbocycles. The minimum atomic E-state index is -0.463. The number of methoxy groups -OCH3 is 1. The first-order chi connectivity index (χ1) is 9.99. The average Bonchev–Trinajstić information content (AvgIpc) is 2.72. The number of aliphatic hydroxyl groups is 1. The highest BCUT2D eigenvalue weighted by atomic mass is 79.9. The van der Waals surface area contributed by atoms with Crippen molar-refractivity contribution in [3.05, 3.63) is 33.9 Å². The summed E-state index contributed by atoms with van der Waals surface area (Å²) in [7, 11) is 1.53. The third-order valence-electron chi connectivity index (χ3n) is 3.17. The van der Waals surface area contributed by atoms with Gasteiger partial charge in [-0.15, -0.1) is 0 Å². The van der Waals surface area contributed by atoms with Crippen LogP contribution in [0.3, 0.4) is 0 Å². The SMILES string of the molecule is COc1ccc(Br)c(C)c1NC1=CC(=O)N(CCO)C1=O. The van der Waals surface area contributed by atoms with Gasteiger partial charge < -0.3 is 15.2 Å². The van der Waals surface area contributed by atoms with Crippen molar-refractivity contribution in [2.24, 2.45) is 0 Å². The molecule has 2 amide bonds. The monoisotopic (exact) mass is 354 g/mol. The highest BCUT2D eigenvalue weighted by Crippen LogP contribution is 2.34. The second-order valence-corrected chi connectivity index (χ2v) is 5.31. The fraction of sp³-hybridized carbons (Fsp3) is 0.286. The van der Waals surface area contributed by atoms with E-state index in [9.17, 15) is 9.59 Å². The number of hydrogen-bond acceptors (Lipinski definition) is 5. The summed E-state index contributed by atoms with van der Waals surface area (Å²) < 4.78 is 6.12. The highest BCUT2D eigenvalue weighted by Gasteiger charge is 2.31. The Morgan fingerprint density at radius 1 is 1.38 bits per heavy atom. The molecule has 2 N–H and O–H groups in total. The lowest BCUT2D eigenvalue weighted by Gasteiger charge is -2.17. The van der Waals surface area contributed by atoms with Crippen molar-refractivity contribution in [2.45, 2.75) is 6.92 Å². The summed E-state index contributed by atoms with van der Waals surface area (Å²) in [5.41, 5.74) is 1.63. The molecule has 0 atom stereocenters. The molecule has 0 saturated heterocycles. The van der Waals surface area contributed by atoms with Crippen LogP contribution in [0.15, 0.2) is 28.4 Å². The van der Waals surface area contributed by atoms with Gasteiger partial charge in [0.15, 0.2) is 0 Å². The van der Waals surface area contributed by atoms with E-state index in [0.717, 1.165) is 14.9 Å². The largest absolute Gasteiger partial charge is 0.495 e. The number of amides is 2. The van der Waals surface area contributed by atoms with Gasteiger partial charge >= 0.3 is 0 Å². The Bertz CT molecular complexity index is 628. The summed E-state index contributed by atoms with van der Waals surface area (Å²) in [6.45, 7) is 1.58. The molecular formula is C14H15BrN2O4. The zero-order valence-corrected chi connectivity index (χ0v) is 13.2. The zero-order valence-electron chi connectivity index (χ0n) is 11.6. The summed E-state index contributed by atoms with van der Waals surface area (Å²) in [4.78, 5) is 24.8. The maximum Gasteiger partial charge on any atom is 0.277 e. The van der Waals surface area contributed by atoms with Gasteiger partial charge in [0.1, 0.15) is 11.4 Å². The van der Waals surface area contributed by atoms with Crippen LogP contribution in [0.1, 0.15) is 5.56 Å². The van der Waals surface area contributed by atoms with Crippen molar-refractivity contribution >= 4 is 33.4 Å². The van der Waals surface area contributed by atoms with E-state index in [4.69, 9.17) is 9.84 Å². The number of halogens is 1. The first-order valence-electron chi connectivity index (χ1n) is 6.28. The molecule has 112 valence electrons. The molecule has 2 rings (SSSR count). The Kier molecular flexibility index (Phi) is 4.64. The van der Waals surface area contributed by atoms with Crippen molar-refractivity contribution in [3.63, 3.8) is 0 Å². The number of carbonyl (C=O) groups excluding carboxylic acids is 2. The molecule has 1 aliphatic rings. The van der Waals surface area contributed by atoms with Gasteiger partial charge in [0.05, 0.1) is 25.9 Å². The van der Waals surface area contributed by atoms with Crippen LogP contribution in [-0.2, 0) is 9.59 Å². The topological polar surface area (TPSA) is 78.9 Å². The van der Waals surface area contributed by atoms with Crippen LogP contribution in [-0.4, -0.2) is 42.1 Å². The normalized spacial score (nSPS) is 14.5. The van der Waals surface area contributed by atoms with Crippen LogP contribution >= 0.6 is 15.9 Å². The van der Waals surface area contributed by atoms with Crippen molar-refractivity contribution in [3.8, 4) is 5.75 Å². The number of ether oxygens (including phenoxy) is 1. The number of β-amino-alcohol motifs (C(OH)–C–C–N with tert-alkyl or cyclic N) is 1. The summed E-state index contributed by atoms with van der Waals surface area (Å²) in [5, 5.41) is 11.8. The number of nitrogens with one attached hydrogen (secondary N) is 1. The average molecular weight is 355 g/mol. The van der Waals surface area contributed by atoms with Gasteiger partial charge in [0.2, 0.25) is 0 Å². The van der Waals surface area contributed by atoms with Crippen LogP contribution in [0.25, 0.3) is 0 Å². The van der Waals surface area contributed by atoms with Crippen LogP contribution < -0.4 is 10.1 Å². The second-order valence-electron chi connectivity index (χ2n) is 4.45. The Balaban J connectivity index is 2.31. The van der Waals surface area contributed by atoms with E-state index in [2.05, 4.69) is 21.2 Å².